The number of nitrogens with zero attached hydrogens (tertiary/aromatic N) is 2. The number of primary sulfonamides is 2. The Hall–Kier alpha value is -5.02. The molecule has 0 saturated carbocycles. The second kappa shape index (κ2) is 12.4. The van der Waals surface area contributed by atoms with Gasteiger partial charge in [-0.3, -0.25) is 10.8 Å². The third kappa shape index (κ3) is 5.01. The first-order valence-corrected chi connectivity index (χ1v) is 19.0. The summed E-state index contributed by atoms with van der Waals surface area (Å²) in [5.41, 5.74) is 5.99. The van der Waals surface area contributed by atoms with E-state index >= 15 is 0 Å². The molecule has 0 amide bonds. The van der Waals surface area contributed by atoms with E-state index in [-0.39, 0.29) is 35.7 Å². The van der Waals surface area contributed by atoms with E-state index in [0.29, 0.717) is 46.2 Å². The van der Waals surface area contributed by atoms with Crippen molar-refractivity contribution in [3.63, 3.8) is 0 Å². The van der Waals surface area contributed by atoms with Gasteiger partial charge in [0.05, 0.1) is 22.8 Å². The van der Waals surface area contributed by atoms with Crippen molar-refractivity contribution in [2.75, 3.05) is 0 Å². The Morgan fingerprint density at radius 1 is 0.600 bits per heavy atom. The van der Waals surface area contributed by atoms with Crippen molar-refractivity contribution in [1.82, 2.24) is 0 Å². The Balaban J connectivity index is 1.56. The molecule has 4 aromatic rings. The van der Waals surface area contributed by atoms with Crippen LogP contribution in [0.4, 0.5) is 0 Å². The topological polar surface area (TPSA) is 245 Å². The molecule has 14 heteroatoms. The van der Waals surface area contributed by atoms with Crippen LogP contribution in [0.5, 0.6) is 0 Å². The van der Waals surface area contributed by atoms with E-state index in [1.54, 1.807) is 60.7 Å². The standard InChI is InChI=1S/C36H38N8O4S2/c1-3-21-17-23(35(49(41,45)46)19-31(43-39)33(37)27-9-5-7-11-29(27)35)13-15-25(21)26-16-14-24(18-22(26)4-2)36(50(42,47)48)20-32(44-40)34(38)28-10-6-8-12-30(28)36/h5-18,37-38H,3-4,19-20,39-40H2,1-2H3,(H2,41,45,46)(H2,42,47,48). The fraction of sp³-hybridized carbons (Fsp3) is 0.222. The molecule has 0 fully saturated rings. The van der Waals surface area contributed by atoms with Crippen molar-refractivity contribution in [3.8, 4) is 11.1 Å². The van der Waals surface area contributed by atoms with Crippen LogP contribution in [0.1, 0.15) is 71.2 Å². The Morgan fingerprint density at radius 3 is 1.28 bits per heavy atom. The average molecular weight is 711 g/mol. The summed E-state index contributed by atoms with van der Waals surface area (Å²) in [6, 6.07) is 24.3. The monoisotopic (exact) mass is 710 g/mol. The number of hydrazone groups is 2. The van der Waals surface area contributed by atoms with Crippen LogP contribution in [-0.2, 0) is 42.4 Å². The molecule has 0 radical (unpaired) electrons. The Bertz CT molecular complexity index is 2220. The summed E-state index contributed by atoms with van der Waals surface area (Å²) >= 11 is 0. The van der Waals surface area contributed by atoms with E-state index < -0.39 is 29.5 Å². The Kier molecular flexibility index (Phi) is 8.63. The van der Waals surface area contributed by atoms with E-state index in [9.17, 15) is 16.8 Å². The van der Waals surface area contributed by atoms with Gasteiger partial charge in [0.1, 0.15) is 9.49 Å². The largest absolute Gasteiger partial charge is 0.323 e. The van der Waals surface area contributed by atoms with Gasteiger partial charge in [-0.15, -0.1) is 0 Å². The summed E-state index contributed by atoms with van der Waals surface area (Å²) in [6.45, 7) is 3.92. The third-order valence-electron chi connectivity index (χ3n) is 10.2. The number of nitrogens with two attached hydrogens (primary N) is 4. The highest BCUT2D eigenvalue weighted by molar-refractivity contribution is 7.90. The molecular weight excluding hydrogens is 673 g/mol. The predicted octanol–water partition coefficient (Wildman–Crippen LogP) is 3.72. The number of hydrogen-bond acceptors (Lipinski definition) is 10. The average Bonchev–Trinajstić information content (AvgIpc) is 3.11. The normalized spacial score (nSPS) is 22.4. The van der Waals surface area contributed by atoms with Crippen molar-refractivity contribution < 1.29 is 16.8 Å². The van der Waals surface area contributed by atoms with Crippen molar-refractivity contribution >= 4 is 42.9 Å². The van der Waals surface area contributed by atoms with Gasteiger partial charge < -0.3 is 11.7 Å². The molecule has 0 saturated heterocycles. The first-order chi connectivity index (χ1) is 23.7. The molecule has 0 aromatic heterocycles. The van der Waals surface area contributed by atoms with E-state index in [1.165, 1.54) is 0 Å². The molecule has 2 unspecified atom stereocenters. The lowest BCUT2D eigenvalue weighted by Crippen LogP contribution is -2.49. The Morgan fingerprint density at radius 2 is 0.960 bits per heavy atom. The van der Waals surface area contributed by atoms with Gasteiger partial charge in [0.15, 0.2) is 0 Å². The lowest BCUT2D eigenvalue weighted by atomic mass is 9.74. The summed E-state index contributed by atoms with van der Waals surface area (Å²) < 4.78 is 51.2. The number of rotatable bonds is 7. The molecule has 2 aliphatic carbocycles. The van der Waals surface area contributed by atoms with Crippen LogP contribution in [0.25, 0.3) is 11.1 Å². The molecule has 2 atom stereocenters. The van der Waals surface area contributed by atoms with Crippen LogP contribution in [0.2, 0.25) is 0 Å². The van der Waals surface area contributed by atoms with Gasteiger partial charge in [0.2, 0.25) is 20.0 Å². The van der Waals surface area contributed by atoms with Crippen molar-refractivity contribution in [2.24, 2.45) is 32.2 Å². The number of nitrogens with one attached hydrogen (secondary N) is 2. The number of fused-ring (bicyclic) bond motifs is 2. The predicted molar refractivity (Wildman–Crippen MR) is 197 cm³/mol. The number of hydrogen-bond donors (Lipinski definition) is 6. The molecule has 12 nitrogen and oxygen atoms in total. The molecule has 50 heavy (non-hydrogen) atoms. The number of aryl methyl sites for hydroxylation is 2. The second-order valence-corrected chi connectivity index (χ2v) is 16.1. The zero-order chi connectivity index (χ0) is 36.2. The summed E-state index contributed by atoms with van der Waals surface area (Å²) in [6.07, 6.45) is 0.630. The third-order valence-corrected chi connectivity index (χ3v) is 13.3. The van der Waals surface area contributed by atoms with E-state index in [1.807, 2.05) is 38.1 Å². The van der Waals surface area contributed by atoms with Crippen molar-refractivity contribution in [1.29, 1.82) is 10.8 Å². The van der Waals surface area contributed by atoms with Crippen molar-refractivity contribution in [2.45, 2.75) is 49.0 Å². The summed E-state index contributed by atoms with van der Waals surface area (Å²) in [4.78, 5) is 0. The first kappa shape index (κ1) is 34.8. The van der Waals surface area contributed by atoms with Gasteiger partial charge in [-0.05, 0) is 57.3 Å². The van der Waals surface area contributed by atoms with Crippen LogP contribution in [0, 0.1) is 10.8 Å². The molecule has 0 aliphatic heterocycles. The van der Waals surface area contributed by atoms with E-state index in [4.69, 9.17) is 32.8 Å². The maximum atomic E-state index is 13.7. The molecule has 2 aliphatic rings. The van der Waals surface area contributed by atoms with Crippen LogP contribution < -0.4 is 22.0 Å². The zero-order valence-electron chi connectivity index (χ0n) is 27.6. The van der Waals surface area contributed by atoms with Gasteiger partial charge in [0, 0.05) is 24.0 Å². The molecule has 0 bridgehead atoms. The van der Waals surface area contributed by atoms with Crippen LogP contribution in [0.3, 0.4) is 0 Å². The highest BCUT2D eigenvalue weighted by Crippen LogP contribution is 2.48. The van der Waals surface area contributed by atoms with Crippen LogP contribution in [0.15, 0.2) is 95.1 Å². The second-order valence-electron chi connectivity index (χ2n) is 12.5. The van der Waals surface area contributed by atoms with Crippen molar-refractivity contribution in [3.05, 3.63) is 129 Å². The Labute approximate surface area is 291 Å². The fourth-order valence-electron chi connectivity index (χ4n) is 7.63. The minimum absolute atomic E-state index is 0.0435. The molecule has 0 spiro atoms. The van der Waals surface area contributed by atoms with Gasteiger partial charge >= 0.3 is 0 Å². The van der Waals surface area contributed by atoms with E-state index in [0.717, 1.165) is 22.3 Å². The number of benzene rings is 4. The minimum Gasteiger partial charge on any atom is -0.323 e. The van der Waals surface area contributed by atoms with Gasteiger partial charge in [-0.1, -0.05) is 98.8 Å². The van der Waals surface area contributed by atoms with Gasteiger partial charge in [0.25, 0.3) is 0 Å². The molecule has 0 heterocycles. The smallest absolute Gasteiger partial charge is 0.223 e. The minimum atomic E-state index is -4.35. The van der Waals surface area contributed by atoms with Crippen LogP contribution in [-0.4, -0.2) is 39.7 Å². The molecule has 258 valence electrons. The lowest BCUT2D eigenvalue weighted by molar-refractivity contribution is 0.556. The summed E-state index contributed by atoms with van der Waals surface area (Å²) in [5, 5.41) is 37.0. The SMILES string of the molecule is CCc1cc(C2(S(N)(=O)=O)CC(=NN)C(=N)c3ccccc32)ccc1-c1ccc(C2(S(N)(=O)=O)CC(=NN)C(=N)c3ccccc32)cc1CC. The number of sulfonamides is 2. The highest BCUT2D eigenvalue weighted by Gasteiger charge is 2.53. The zero-order valence-corrected chi connectivity index (χ0v) is 29.2. The molecular formula is C36H38N8O4S2. The fourth-order valence-corrected chi connectivity index (χ4v) is 10.2. The lowest BCUT2D eigenvalue weighted by Gasteiger charge is -2.39. The maximum Gasteiger partial charge on any atom is 0.223 e. The molecule has 10 N–H and O–H groups in total. The summed E-state index contributed by atoms with van der Waals surface area (Å²) in [7, 11) is -8.69. The van der Waals surface area contributed by atoms with Crippen LogP contribution >= 0.6 is 0 Å². The first-order valence-electron chi connectivity index (χ1n) is 15.9. The highest BCUT2D eigenvalue weighted by atomic mass is 32.2. The van der Waals surface area contributed by atoms with Gasteiger partial charge in [-0.25, -0.2) is 27.1 Å². The van der Waals surface area contributed by atoms with Gasteiger partial charge in [-0.2, -0.15) is 10.2 Å². The quantitative estimate of drug-likeness (QED) is 0.123. The summed E-state index contributed by atoms with van der Waals surface area (Å²) in [5.74, 6) is 11.4. The molecule has 6 rings (SSSR count). The maximum absolute atomic E-state index is 13.7. The molecule has 4 aromatic carbocycles. The van der Waals surface area contributed by atoms with E-state index in [2.05, 4.69) is 10.2 Å².